The Labute approximate surface area is 122 Å². The van der Waals surface area contributed by atoms with Gasteiger partial charge in [-0.1, -0.05) is 0 Å². The zero-order valence-electron chi connectivity index (χ0n) is 11.6. The number of hydrogen-bond acceptors (Lipinski definition) is 5. The molecular weight excluding hydrogens is 270 g/mol. The number of nitro groups is 1. The largest absolute Gasteiger partial charge is 0.384 e. The molecule has 1 aliphatic heterocycles. The van der Waals surface area contributed by atoms with E-state index in [0.29, 0.717) is 11.3 Å². The average molecular weight is 287 g/mol. The van der Waals surface area contributed by atoms with E-state index >= 15 is 0 Å². The van der Waals surface area contributed by atoms with Crippen LogP contribution >= 0.6 is 0 Å². The van der Waals surface area contributed by atoms with E-state index in [0.717, 1.165) is 43.7 Å². The molecule has 6 heteroatoms. The van der Waals surface area contributed by atoms with Crippen molar-refractivity contribution in [3.8, 4) is 0 Å². The summed E-state index contributed by atoms with van der Waals surface area (Å²) >= 11 is 0. The lowest BCUT2D eigenvalue weighted by molar-refractivity contribution is -0.383. The van der Waals surface area contributed by atoms with E-state index in [-0.39, 0.29) is 10.6 Å². The van der Waals surface area contributed by atoms with Crippen LogP contribution in [0.3, 0.4) is 0 Å². The molecule has 1 fully saturated rings. The molecule has 1 saturated heterocycles. The summed E-state index contributed by atoms with van der Waals surface area (Å²) in [4.78, 5) is 14.7. The highest BCUT2D eigenvalue weighted by molar-refractivity contribution is 5.99. The molecular formula is C15H17N3O3. The van der Waals surface area contributed by atoms with Crippen LogP contribution in [-0.4, -0.2) is 29.7 Å². The van der Waals surface area contributed by atoms with Gasteiger partial charge in [-0.25, -0.2) is 0 Å². The fraction of sp³-hybridized carbons (Fsp3) is 0.400. The van der Waals surface area contributed by atoms with Gasteiger partial charge in [-0.3, -0.25) is 15.1 Å². The summed E-state index contributed by atoms with van der Waals surface area (Å²) in [6.07, 6.45) is 5.44. The molecule has 0 saturated carbocycles. The minimum atomic E-state index is -0.372. The van der Waals surface area contributed by atoms with Crippen molar-refractivity contribution in [1.82, 2.24) is 4.98 Å². The summed E-state index contributed by atoms with van der Waals surface area (Å²) in [5.41, 5.74) is 0.994. The van der Waals surface area contributed by atoms with E-state index in [2.05, 4.69) is 10.3 Å². The third-order valence-corrected chi connectivity index (χ3v) is 3.83. The zero-order chi connectivity index (χ0) is 14.7. The topological polar surface area (TPSA) is 77.3 Å². The Morgan fingerprint density at radius 3 is 3.05 bits per heavy atom. The summed E-state index contributed by atoms with van der Waals surface area (Å²) in [6.45, 7) is 2.44. The molecule has 0 aliphatic carbocycles. The Kier molecular flexibility index (Phi) is 3.96. The van der Waals surface area contributed by atoms with Gasteiger partial charge in [0.05, 0.1) is 16.9 Å². The number of nitro benzene ring substituents is 1. The first kappa shape index (κ1) is 13.8. The summed E-state index contributed by atoms with van der Waals surface area (Å²) < 4.78 is 5.47. The molecule has 1 aromatic heterocycles. The van der Waals surface area contributed by atoms with Crippen molar-refractivity contribution in [2.24, 2.45) is 5.92 Å². The molecule has 2 aromatic rings. The van der Waals surface area contributed by atoms with Gasteiger partial charge in [0.25, 0.3) is 5.69 Å². The number of ether oxygens (including phenoxy) is 1. The minimum absolute atomic E-state index is 0.0876. The molecule has 110 valence electrons. The number of benzene rings is 1. The van der Waals surface area contributed by atoms with E-state index in [1.807, 2.05) is 6.07 Å². The van der Waals surface area contributed by atoms with Crippen LogP contribution in [0.1, 0.15) is 12.8 Å². The van der Waals surface area contributed by atoms with Crippen molar-refractivity contribution in [3.63, 3.8) is 0 Å². The lowest BCUT2D eigenvalue weighted by atomic mass is 10.0. The highest BCUT2D eigenvalue weighted by atomic mass is 16.6. The molecule has 0 spiro atoms. The number of anilines is 1. The van der Waals surface area contributed by atoms with E-state index in [9.17, 15) is 10.1 Å². The minimum Gasteiger partial charge on any atom is -0.384 e. The third-order valence-electron chi connectivity index (χ3n) is 3.83. The highest BCUT2D eigenvalue weighted by Gasteiger charge is 2.16. The lowest BCUT2D eigenvalue weighted by Gasteiger charge is -2.23. The Bertz CT molecular complexity index is 654. The lowest BCUT2D eigenvalue weighted by Crippen LogP contribution is -2.24. The Balaban J connectivity index is 1.85. The van der Waals surface area contributed by atoms with Gasteiger partial charge in [0.2, 0.25) is 0 Å². The van der Waals surface area contributed by atoms with E-state index in [1.54, 1.807) is 18.5 Å². The molecule has 3 rings (SSSR count). The van der Waals surface area contributed by atoms with Crippen LogP contribution in [0.5, 0.6) is 0 Å². The van der Waals surface area contributed by atoms with Crippen LogP contribution in [0.2, 0.25) is 0 Å². The SMILES string of the molecule is O=[N+]([O-])c1ccc(NCC2CCCOC2)c2ccncc12. The van der Waals surface area contributed by atoms with Gasteiger partial charge >= 0.3 is 0 Å². The van der Waals surface area contributed by atoms with Crippen molar-refractivity contribution in [2.45, 2.75) is 12.8 Å². The molecule has 1 N–H and O–H groups in total. The fourth-order valence-electron chi connectivity index (χ4n) is 2.71. The van der Waals surface area contributed by atoms with Gasteiger partial charge in [-0.15, -0.1) is 0 Å². The molecule has 2 heterocycles. The predicted molar refractivity (Wildman–Crippen MR) is 80.4 cm³/mol. The number of aromatic nitrogens is 1. The zero-order valence-corrected chi connectivity index (χ0v) is 11.6. The number of hydrogen-bond donors (Lipinski definition) is 1. The molecule has 0 amide bonds. The van der Waals surface area contributed by atoms with Crippen LogP contribution in [0, 0.1) is 16.0 Å². The van der Waals surface area contributed by atoms with Crippen LogP contribution in [0.15, 0.2) is 30.6 Å². The number of pyridine rings is 1. The van der Waals surface area contributed by atoms with E-state index in [1.165, 1.54) is 6.07 Å². The second-order valence-electron chi connectivity index (χ2n) is 5.27. The van der Waals surface area contributed by atoms with Crippen LogP contribution in [0.4, 0.5) is 11.4 Å². The monoisotopic (exact) mass is 287 g/mol. The summed E-state index contributed by atoms with van der Waals surface area (Å²) in [5, 5.41) is 15.9. The first-order chi connectivity index (χ1) is 10.3. The maximum Gasteiger partial charge on any atom is 0.278 e. The predicted octanol–water partition coefficient (Wildman–Crippen LogP) is 2.98. The summed E-state index contributed by atoms with van der Waals surface area (Å²) in [5.74, 6) is 0.492. The molecule has 1 atom stereocenters. The molecule has 1 aromatic carbocycles. The van der Waals surface area contributed by atoms with Crippen LogP contribution < -0.4 is 5.32 Å². The molecule has 6 nitrogen and oxygen atoms in total. The number of non-ortho nitro benzene ring substituents is 1. The Hall–Kier alpha value is -2.21. The number of nitrogens with one attached hydrogen (secondary N) is 1. The summed E-state index contributed by atoms with van der Waals surface area (Å²) in [6, 6.07) is 5.11. The maximum absolute atomic E-state index is 11.1. The first-order valence-electron chi connectivity index (χ1n) is 7.08. The maximum atomic E-state index is 11.1. The Morgan fingerprint density at radius 2 is 2.29 bits per heavy atom. The second kappa shape index (κ2) is 6.05. The van der Waals surface area contributed by atoms with Gasteiger partial charge in [0.1, 0.15) is 0 Å². The molecule has 0 radical (unpaired) electrons. The molecule has 21 heavy (non-hydrogen) atoms. The van der Waals surface area contributed by atoms with Gasteiger partial charge in [-0.05, 0) is 30.9 Å². The smallest absolute Gasteiger partial charge is 0.278 e. The quantitative estimate of drug-likeness (QED) is 0.691. The molecule has 1 aliphatic rings. The van der Waals surface area contributed by atoms with Gasteiger partial charge < -0.3 is 10.1 Å². The summed E-state index contributed by atoms with van der Waals surface area (Å²) in [7, 11) is 0. The normalized spacial score (nSPS) is 18.6. The highest BCUT2D eigenvalue weighted by Crippen LogP contribution is 2.31. The number of rotatable bonds is 4. The standard InChI is InChI=1S/C15H17N3O3/c19-18(20)15-4-3-14(12-5-6-16-9-13(12)15)17-8-11-2-1-7-21-10-11/h3-6,9,11,17H,1-2,7-8,10H2. The second-order valence-corrected chi connectivity index (χ2v) is 5.27. The van der Waals surface area contributed by atoms with Gasteiger partial charge in [0, 0.05) is 42.7 Å². The van der Waals surface area contributed by atoms with Gasteiger partial charge in [0.15, 0.2) is 0 Å². The van der Waals surface area contributed by atoms with E-state index < -0.39 is 0 Å². The van der Waals surface area contributed by atoms with Crippen molar-refractivity contribution in [2.75, 3.05) is 25.1 Å². The van der Waals surface area contributed by atoms with Crippen molar-refractivity contribution >= 4 is 22.1 Å². The first-order valence-corrected chi connectivity index (χ1v) is 7.08. The molecule has 0 bridgehead atoms. The van der Waals surface area contributed by atoms with Crippen molar-refractivity contribution < 1.29 is 9.66 Å². The fourth-order valence-corrected chi connectivity index (χ4v) is 2.71. The van der Waals surface area contributed by atoms with Crippen LogP contribution in [0.25, 0.3) is 10.8 Å². The molecule has 1 unspecified atom stereocenters. The Morgan fingerprint density at radius 1 is 1.38 bits per heavy atom. The third kappa shape index (κ3) is 2.95. The average Bonchev–Trinajstić information content (AvgIpc) is 2.53. The number of nitrogens with zero attached hydrogens (tertiary/aromatic N) is 2. The van der Waals surface area contributed by atoms with E-state index in [4.69, 9.17) is 4.74 Å². The van der Waals surface area contributed by atoms with Crippen molar-refractivity contribution in [1.29, 1.82) is 0 Å². The van der Waals surface area contributed by atoms with Gasteiger partial charge in [-0.2, -0.15) is 0 Å². The van der Waals surface area contributed by atoms with Crippen molar-refractivity contribution in [3.05, 3.63) is 40.7 Å². The number of fused-ring (bicyclic) bond motifs is 1. The van der Waals surface area contributed by atoms with Crippen LogP contribution in [-0.2, 0) is 4.74 Å².